The van der Waals surface area contributed by atoms with Crippen LogP contribution in [0.2, 0.25) is 0 Å². The molecule has 1 rings (SSSR count). The normalized spacial score (nSPS) is 15.0. The second-order valence-corrected chi connectivity index (χ2v) is 4.45. The molecule has 2 N–H and O–H groups in total. The van der Waals surface area contributed by atoms with E-state index in [0.29, 0.717) is 4.47 Å². The Labute approximate surface area is 101 Å². The molecule has 1 aromatic rings. The number of halogens is 3. The fraction of sp³-hybridized carbons (Fsp3) is 0.400. The molecule has 1 aromatic carbocycles. The van der Waals surface area contributed by atoms with Crippen LogP contribution in [0.4, 0.5) is 4.39 Å². The molecule has 0 spiro atoms. The standard InChI is InChI=1S/C10H11BrClFO2/c11-6-1-2-8(13)7(5-6)10(15)9(14)3-4-12/h1-2,5,9-10,14-15H,3-4H2. The maximum atomic E-state index is 13.3. The molecule has 0 bridgehead atoms. The van der Waals surface area contributed by atoms with Gasteiger partial charge in [0.25, 0.3) is 0 Å². The molecule has 0 aliphatic rings. The fourth-order valence-electron chi connectivity index (χ4n) is 1.22. The van der Waals surface area contributed by atoms with Crippen LogP contribution < -0.4 is 0 Å². The molecule has 5 heteroatoms. The fourth-order valence-corrected chi connectivity index (χ4v) is 1.82. The van der Waals surface area contributed by atoms with Gasteiger partial charge in [0.2, 0.25) is 0 Å². The highest BCUT2D eigenvalue weighted by molar-refractivity contribution is 9.10. The molecule has 2 nitrogen and oxygen atoms in total. The SMILES string of the molecule is OC(CCCl)C(O)c1cc(Br)ccc1F. The Morgan fingerprint density at radius 3 is 2.67 bits per heavy atom. The third kappa shape index (κ3) is 3.41. The summed E-state index contributed by atoms with van der Waals surface area (Å²) in [6.45, 7) is 0. The lowest BCUT2D eigenvalue weighted by atomic mass is 10.0. The number of hydrogen-bond acceptors (Lipinski definition) is 2. The zero-order chi connectivity index (χ0) is 11.4. The van der Waals surface area contributed by atoms with E-state index in [9.17, 15) is 14.6 Å². The summed E-state index contributed by atoms with van der Waals surface area (Å²) in [6, 6.07) is 4.20. The van der Waals surface area contributed by atoms with Gasteiger partial charge in [0.15, 0.2) is 0 Å². The van der Waals surface area contributed by atoms with E-state index < -0.39 is 18.0 Å². The Morgan fingerprint density at radius 1 is 1.40 bits per heavy atom. The van der Waals surface area contributed by atoms with Gasteiger partial charge >= 0.3 is 0 Å². The van der Waals surface area contributed by atoms with E-state index in [4.69, 9.17) is 11.6 Å². The van der Waals surface area contributed by atoms with Gasteiger partial charge in [0.1, 0.15) is 11.9 Å². The summed E-state index contributed by atoms with van der Waals surface area (Å²) < 4.78 is 13.9. The highest BCUT2D eigenvalue weighted by atomic mass is 79.9. The monoisotopic (exact) mass is 296 g/mol. The molecule has 2 atom stereocenters. The molecule has 0 radical (unpaired) electrons. The maximum absolute atomic E-state index is 13.3. The molecule has 0 saturated carbocycles. The van der Waals surface area contributed by atoms with Crippen LogP contribution in [-0.2, 0) is 0 Å². The number of rotatable bonds is 4. The van der Waals surface area contributed by atoms with Crippen LogP contribution in [0.25, 0.3) is 0 Å². The second-order valence-electron chi connectivity index (χ2n) is 3.16. The molecule has 0 aliphatic heterocycles. The molecule has 0 aliphatic carbocycles. The highest BCUT2D eigenvalue weighted by Gasteiger charge is 2.21. The number of hydrogen-bond donors (Lipinski definition) is 2. The van der Waals surface area contributed by atoms with Crippen molar-refractivity contribution in [3.63, 3.8) is 0 Å². The van der Waals surface area contributed by atoms with E-state index in [1.165, 1.54) is 18.2 Å². The minimum atomic E-state index is -1.25. The Kier molecular flexibility index (Phi) is 4.99. The zero-order valence-corrected chi connectivity index (χ0v) is 10.2. The smallest absolute Gasteiger partial charge is 0.129 e. The quantitative estimate of drug-likeness (QED) is 0.839. The third-order valence-electron chi connectivity index (χ3n) is 2.05. The predicted molar refractivity (Wildman–Crippen MR) is 60.4 cm³/mol. The van der Waals surface area contributed by atoms with Gasteiger partial charge in [0, 0.05) is 15.9 Å². The lowest BCUT2D eigenvalue weighted by Crippen LogP contribution is -2.19. The summed E-state index contributed by atoms with van der Waals surface area (Å²) in [5, 5.41) is 19.1. The molecule has 0 amide bonds. The van der Waals surface area contributed by atoms with Gasteiger partial charge in [-0.1, -0.05) is 15.9 Å². The largest absolute Gasteiger partial charge is 0.390 e. The Bertz CT molecular complexity index is 335. The van der Waals surface area contributed by atoms with Crippen molar-refractivity contribution in [1.82, 2.24) is 0 Å². The van der Waals surface area contributed by atoms with Crippen molar-refractivity contribution in [3.8, 4) is 0 Å². The highest BCUT2D eigenvalue weighted by Crippen LogP contribution is 2.25. The van der Waals surface area contributed by atoms with Crippen LogP contribution >= 0.6 is 27.5 Å². The summed E-state index contributed by atoms with van der Waals surface area (Å²) in [6.07, 6.45) is -2.08. The average molecular weight is 298 g/mol. The first-order valence-corrected chi connectivity index (χ1v) is 5.76. The van der Waals surface area contributed by atoms with Crippen LogP contribution in [0.5, 0.6) is 0 Å². The van der Waals surface area contributed by atoms with E-state index in [0.717, 1.165) is 0 Å². The van der Waals surface area contributed by atoms with Gasteiger partial charge in [-0.05, 0) is 24.6 Å². The summed E-state index contributed by atoms with van der Waals surface area (Å²) in [5.74, 6) is -0.326. The van der Waals surface area contributed by atoms with E-state index in [1.54, 1.807) is 0 Å². The molecule has 2 unspecified atom stereocenters. The molecular weight excluding hydrogens is 286 g/mol. The Hall–Kier alpha value is -0.160. The van der Waals surface area contributed by atoms with Gasteiger partial charge in [-0.15, -0.1) is 11.6 Å². The lowest BCUT2D eigenvalue weighted by molar-refractivity contribution is 0.0149. The molecule has 0 aromatic heterocycles. The van der Waals surface area contributed by atoms with E-state index in [2.05, 4.69) is 15.9 Å². The van der Waals surface area contributed by atoms with Gasteiger partial charge in [-0.2, -0.15) is 0 Å². The Morgan fingerprint density at radius 2 is 2.07 bits per heavy atom. The lowest BCUT2D eigenvalue weighted by Gasteiger charge is -2.17. The van der Waals surface area contributed by atoms with Crippen molar-refractivity contribution < 1.29 is 14.6 Å². The first-order valence-electron chi connectivity index (χ1n) is 4.43. The van der Waals surface area contributed by atoms with Gasteiger partial charge in [-0.25, -0.2) is 4.39 Å². The number of alkyl halides is 1. The molecular formula is C10H11BrClFO2. The van der Waals surface area contributed by atoms with Crippen molar-refractivity contribution >= 4 is 27.5 Å². The van der Waals surface area contributed by atoms with Gasteiger partial charge in [-0.3, -0.25) is 0 Å². The first-order chi connectivity index (χ1) is 7.06. The third-order valence-corrected chi connectivity index (χ3v) is 2.76. The van der Waals surface area contributed by atoms with Crippen molar-refractivity contribution in [2.45, 2.75) is 18.6 Å². The van der Waals surface area contributed by atoms with Crippen LogP contribution in [0, 0.1) is 5.82 Å². The molecule has 84 valence electrons. The maximum Gasteiger partial charge on any atom is 0.129 e. The molecule has 0 fully saturated rings. The van der Waals surface area contributed by atoms with Crippen LogP contribution in [0.15, 0.2) is 22.7 Å². The van der Waals surface area contributed by atoms with Gasteiger partial charge in [0.05, 0.1) is 6.10 Å². The summed E-state index contributed by atoms with van der Waals surface area (Å²) in [7, 11) is 0. The topological polar surface area (TPSA) is 40.5 Å². The molecule has 0 heterocycles. The van der Waals surface area contributed by atoms with Crippen molar-refractivity contribution in [2.75, 3.05) is 5.88 Å². The van der Waals surface area contributed by atoms with Crippen LogP contribution in [0.3, 0.4) is 0 Å². The Balaban J connectivity index is 2.89. The van der Waals surface area contributed by atoms with Crippen molar-refractivity contribution in [3.05, 3.63) is 34.1 Å². The summed E-state index contributed by atoms with van der Waals surface area (Å²) in [5.41, 5.74) is 0.0713. The number of benzene rings is 1. The minimum absolute atomic E-state index is 0.0713. The molecule has 15 heavy (non-hydrogen) atoms. The first kappa shape index (κ1) is 12.9. The molecule has 0 saturated heterocycles. The van der Waals surface area contributed by atoms with Gasteiger partial charge < -0.3 is 10.2 Å². The van der Waals surface area contributed by atoms with E-state index in [-0.39, 0.29) is 17.9 Å². The predicted octanol–water partition coefficient (Wildman–Crippen LogP) is 2.61. The van der Waals surface area contributed by atoms with Crippen LogP contribution in [0.1, 0.15) is 18.1 Å². The summed E-state index contributed by atoms with van der Waals surface area (Å²) in [4.78, 5) is 0. The summed E-state index contributed by atoms with van der Waals surface area (Å²) >= 11 is 8.59. The zero-order valence-electron chi connectivity index (χ0n) is 7.83. The average Bonchev–Trinajstić information content (AvgIpc) is 2.21. The number of aliphatic hydroxyl groups excluding tert-OH is 2. The van der Waals surface area contributed by atoms with Crippen molar-refractivity contribution in [2.24, 2.45) is 0 Å². The van der Waals surface area contributed by atoms with E-state index in [1.807, 2.05) is 0 Å². The van der Waals surface area contributed by atoms with E-state index >= 15 is 0 Å². The van der Waals surface area contributed by atoms with Crippen LogP contribution in [-0.4, -0.2) is 22.2 Å². The minimum Gasteiger partial charge on any atom is -0.390 e. The van der Waals surface area contributed by atoms with Crippen molar-refractivity contribution in [1.29, 1.82) is 0 Å². The second kappa shape index (κ2) is 5.80. The number of aliphatic hydroxyl groups is 2.